The highest BCUT2D eigenvalue weighted by Gasteiger charge is 2.20. The van der Waals surface area contributed by atoms with Gasteiger partial charge in [-0.15, -0.1) is 0 Å². The lowest BCUT2D eigenvalue weighted by Gasteiger charge is -2.26. The van der Waals surface area contributed by atoms with Gasteiger partial charge in [0, 0.05) is 25.3 Å². The van der Waals surface area contributed by atoms with E-state index >= 15 is 0 Å². The zero-order valence-corrected chi connectivity index (χ0v) is 12.4. The van der Waals surface area contributed by atoms with Crippen molar-refractivity contribution in [2.45, 2.75) is 39.8 Å². The number of aryl methyl sites for hydroxylation is 2. The molecule has 0 aliphatic heterocycles. The van der Waals surface area contributed by atoms with Crippen LogP contribution in [0.5, 0.6) is 0 Å². The Bertz CT molecular complexity index is 444. The van der Waals surface area contributed by atoms with Crippen LogP contribution in [-0.2, 0) is 4.79 Å². The Morgan fingerprint density at radius 3 is 2.47 bits per heavy atom. The summed E-state index contributed by atoms with van der Waals surface area (Å²) < 4.78 is 0. The number of rotatable bonds is 6. The smallest absolute Gasteiger partial charge is 0.322 e. The van der Waals surface area contributed by atoms with Crippen molar-refractivity contribution >= 4 is 11.7 Å². The molecule has 4 nitrogen and oxygen atoms in total. The van der Waals surface area contributed by atoms with Gasteiger partial charge in [-0.25, -0.2) is 0 Å². The predicted molar refractivity (Wildman–Crippen MR) is 78.9 cm³/mol. The van der Waals surface area contributed by atoms with Crippen LogP contribution >= 0.6 is 0 Å². The van der Waals surface area contributed by atoms with Crippen molar-refractivity contribution in [2.24, 2.45) is 0 Å². The fraction of sp³-hybridized carbons (Fsp3) is 0.533. The van der Waals surface area contributed by atoms with Crippen LogP contribution in [0.15, 0.2) is 18.2 Å². The third-order valence-corrected chi connectivity index (χ3v) is 3.05. The van der Waals surface area contributed by atoms with Gasteiger partial charge in [0.05, 0.1) is 0 Å². The molecule has 0 aliphatic carbocycles. The minimum absolute atomic E-state index is 0.147. The van der Waals surface area contributed by atoms with E-state index < -0.39 is 12.0 Å². The number of nitrogens with zero attached hydrogens (tertiary/aromatic N) is 1. The minimum atomic E-state index is -0.815. The second-order valence-corrected chi connectivity index (χ2v) is 5.38. The summed E-state index contributed by atoms with van der Waals surface area (Å²) in [6, 6.07) is 5.78. The van der Waals surface area contributed by atoms with Crippen LogP contribution in [0.2, 0.25) is 0 Å². The number of carbonyl (C=O) groups is 1. The molecule has 0 heterocycles. The fourth-order valence-electron chi connectivity index (χ4n) is 2.21. The lowest BCUT2D eigenvalue weighted by atomic mass is 10.1. The molecular formula is C15H24N2O2. The summed E-state index contributed by atoms with van der Waals surface area (Å²) in [7, 11) is 1.93. The van der Waals surface area contributed by atoms with Gasteiger partial charge in [0.2, 0.25) is 0 Å². The van der Waals surface area contributed by atoms with Crippen molar-refractivity contribution in [2.75, 3.05) is 18.5 Å². The number of aliphatic carboxylic acids is 1. The number of hydrogen-bond acceptors (Lipinski definition) is 3. The van der Waals surface area contributed by atoms with Crippen LogP contribution in [-0.4, -0.2) is 36.8 Å². The lowest BCUT2D eigenvalue weighted by molar-refractivity contribution is -0.139. The molecule has 0 aliphatic rings. The van der Waals surface area contributed by atoms with Crippen molar-refractivity contribution < 1.29 is 9.90 Å². The van der Waals surface area contributed by atoms with Crippen molar-refractivity contribution in [1.29, 1.82) is 0 Å². The summed E-state index contributed by atoms with van der Waals surface area (Å²) >= 11 is 0. The summed E-state index contributed by atoms with van der Waals surface area (Å²) in [5.74, 6) is -0.815. The van der Waals surface area contributed by atoms with Gasteiger partial charge in [-0.3, -0.25) is 4.79 Å². The van der Waals surface area contributed by atoms with Crippen LogP contribution in [0, 0.1) is 13.8 Å². The number of anilines is 1. The van der Waals surface area contributed by atoms with E-state index in [1.807, 2.05) is 44.9 Å². The van der Waals surface area contributed by atoms with Gasteiger partial charge >= 0.3 is 5.97 Å². The van der Waals surface area contributed by atoms with Crippen LogP contribution in [0.1, 0.15) is 25.0 Å². The van der Waals surface area contributed by atoms with Crippen LogP contribution in [0.4, 0.5) is 5.69 Å². The number of hydrogen-bond donors (Lipinski definition) is 2. The summed E-state index contributed by atoms with van der Waals surface area (Å²) in [6.07, 6.45) is 0. The van der Waals surface area contributed by atoms with E-state index in [0.717, 1.165) is 11.3 Å². The average molecular weight is 264 g/mol. The van der Waals surface area contributed by atoms with E-state index in [9.17, 15) is 9.90 Å². The molecule has 0 saturated heterocycles. The molecule has 0 amide bonds. The van der Waals surface area contributed by atoms with Crippen LogP contribution < -0.4 is 10.2 Å². The monoisotopic (exact) mass is 264 g/mol. The highest BCUT2D eigenvalue weighted by atomic mass is 16.4. The Morgan fingerprint density at radius 1 is 1.37 bits per heavy atom. The molecule has 0 fully saturated rings. The lowest BCUT2D eigenvalue weighted by Crippen LogP contribution is -2.48. The number of carboxylic acids is 1. The summed E-state index contributed by atoms with van der Waals surface area (Å²) in [4.78, 5) is 13.2. The normalized spacial score (nSPS) is 12.5. The highest BCUT2D eigenvalue weighted by molar-refractivity contribution is 5.74. The summed E-state index contributed by atoms with van der Waals surface area (Å²) in [5.41, 5.74) is 3.45. The molecule has 4 heteroatoms. The second kappa shape index (κ2) is 6.57. The van der Waals surface area contributed by atoms with E-state index in [2.05, 4.69) is 18.3 Å². The molecule has 0 radical (unpaired) electrons. The maximum atomic E-state index is 11.3. The zero-order chi connectivity index (χ0) is 14.6. The van der Waals surface area contributed by atoms with Gasteiger partial charge in [0.15, 0.2) is 0 Å². The highest BCUT2D eigenvalue weighted by Crippen LogP contribution is 2.20. The first-order valence-corrected chi connectivity index (χ1v) is 6.58. The molecule has 106 valence electrons. The summed E-state index contributed by atoms with van der Waals surface area (Å²) in [6.45, 7) is 8.44. The minimum Gasteiger partial charge on any atom is -0.480 e. The molecule has 0 saturated carbocycles. The SMILES string of the molecule is Cc1ccc(N(C)CC(NC(C)C)C(=O)O)c(C)c1. The second-order valence-electron chi connectivity index (χ2n) is 5.38. The molecule has 0 aromatic heterocycles. The van der Waals surface area contributed by atoms with Crippen LogP contribution in [0.3, 0.4) is 0 Å². The number of nitrogens with one attached hydrogen (secondary N) is 1. The molecule has 1 aromatic rings. The molecule has 2 N–H and O–H groups in total. The molecule has 19 heavy (non-hydrogen) atoms. The molecule has 1 atom stereocenters. The Kier molecular flexibility index (Phi) is 5.36. The number of benzene rings is 1. The van der Waals surface area contributed by atoms with Gasteiger partial charge < -0.3 is 15.3 Å². The zero-order valence-electron chi connectivity index (χ0n) is 12.4. The Morgan fingerprint density at radius 2 is 2.00 bits per heavy atom. The maximum absolute atomic E-state index is 11.3. The van der Waals surface area contributed by atoms with E-state index in [4.69, 9.17) is 0 Å². The van der Waals surface area contributed by atoms with E-state index in [0.29, 0.717) is 6.54 Å². The van der Waals surface area contributed by atoms with Crippen molar-refractivity contribution in [1.82, 2.24) is 5.32 Å². The number of likely N-dealkylation sites (N-methyl/N-ethyl adjacent to an activating group) is 1. The third-order valence-electron chi connectivity index (χ3n) is 3.05. The van der Waals surface area contributed by atoms with Crippen LogP contribution in [0.25, 0.3) is 0 Å². The summed E-state index contributed by atoms with van der Waals surface area (Å²) in [5, 5.41) is 12.3. The molecule has 1 aromatic carbocycles. The Balaban J connectivity index is 2.81. The van der Waals surface area contributed by atoms with Gasteiger partial charge in [-0.05, 0) is 25.5 Å². The van der Waals surface area contributed by atoms with E-state index in [1.54, 1.807) is 0 Å². The standard InChI is InChI=1S/C15H24N2O2/c1-10(2)16-13(15(18)19)9-17(5)14-7-6-11(3)8-12(14)4/h6-8,10,13,16H,9H2,1-5H3,(H,18,19). The van der Waals surface area contributed by atoms with Crippen molar-refractivity contribution in [3.05, 3.63) is 29.3 Å². The van der Waals surface area contributed by atoms with Gasteiger partial charge in [-0.2, -0.15) is 0 Å². The molecule has 1 rings (SSSR count). The maximum Gasteiger partial charge on any atom is 0.322 e. The Hall–Kier alpha value is -1.55. The Labute approximate surface area is 115 Å². The van der Waals surface area contributed by atoms with E-state index in [-0.39, 0.29) is 6.04 Å². The molecule has 0 bridgehead atoms. The molecule has 0 spiro atoms. The average Bonchev–Trinajstić information content (AvgIpc) is 2.26. The van der Waals surface area contributed by atoms with Crippen molar-refractivity contribution in [3.63, 3.8) is 0 Å². The van der Waals surface area contributed by atoms with E-state index in [1.165, 1.54) is 5.56 Å². The largest absolute Gasteiger partial charge is 0.480 e. The van der Waals surface area contributed by atoms with Gasteiger partial charge in [-0.1, -0.05) is 31.5 Å². The van der Waals surface area contributed by atoms with Gasteiger partial charge in [0.1, 0.15) is 6.04 Å². The third kappa shape index (κ3) is 4.56. The van der Waals surface area contributed by atoms with Gasteiger partial charge in [0.25, 0.3) is 0 Å². The first kappa shape index (κ1) is 15.5. The molecular weight excluding hydrogens is 240 g/mol. The number of carboxylic acid groups (broad SMARTS) is 1. The first-order valence-electron chi connectivity index (χ1n) is 6.58. The predicted octanol–water partition coefficient (Wildman–Crippen LogP) is 2.19. The quantitative estimate of drug-likeness (QED) is 0.827. The first-order chi connectivity index (χ1) is 8.81. The fourth-order valence-corrected chi connectivity index (χ4v) is 2.21. The molecule has 1 unspecified atom stereocenters. The topological polar surface area (TPSA) is 52.6 Å². The van der Waals surface area contributed by atoms with Crippen molar-refractivity contribution in [3.8, 4) is 0 Å².